The minimum atomic E-state index is 0.750. The van der Waals surface area contributed by atoms with Crippen LogP contribution in [0.15, 0.2) is 0 Å². The van der Waals surface area contributed by atoms with Gasteiger partial charge in [0.2, 0.25) is 0 Å². The number of likely N-dealkylation sites (tertiary alicyclic amines) is 1. The Morgan fingerprint density at radius 1 is 1.11 bits per heavy atom. The Bertz CT molecular complexity index is 235. The van der Waals surface area contributed by atoms with Gasteiger partial charge in [0.05, 0.1) is 0 Å². The molecule has 2 aliphatic rings. The van der Waals surface area contributed by atoms with Gasteiger partial charge in [-0.05, 0) is 57.5 Å². The molecule has 2 heteroatoms. The second kappa shape index (κ2) is 6.91. The molecule has 1 saturated carbocycles. The van der Waals surface area contributed by atoms with Crippen LogP contribution in [0.5, 0.6) is 0 Å². The second-order valence-corrected chi connectivity index (χ2v) is 6.59. The van der Waals surface area contributed by atoms with E-state index in [-0.39, 0.29) is 0 Å². The SMILES string of the molecule is CCCNC1CCN(CC2CCCC2)C(C)C1C. The summed E-state index contributed by atoms with van der Waals surface area (Å²) in [7, 11) is 0. The summed E-state index contributed by atoms with van der Waals surface area (Å²) < 4.78 is 0. The van der Waals surface area contributed by atoms with Crippen LogP contribution in [-0.2, 0) is 0 Å². The van der Waals surface area contributed by atoms with Crippen LogP contribution in [0.25, 0.3) is 0 Å². The van der Waals surface area contributed by atoms with Gasteiger partial charge in [0.1, 0.15) is 0 Å². The number of hydrogen-bond acceptors (Lipinski definition) is 2. The molecule has 0 radical (unpaired) electrons. The van der Waals surface area contributed by atoms with Crippen molar-refractivity contribution in [2.75, 3.05) is 19.6 Å². The molecule has 3 unspecified atom stereocenters. The van der Waals surface area contributed by atoms with Crippen LogP contribution in [0.3, 0.4) is 0 Å². The highest BCUT2D eigenvalue weighted by Gasteiger charge is 2.33. The molecule has 1 N–H and O–H groups in total. The molecule has 3 atom stereocenters. The third-order valence-electron chi connectivity index (χ3n) is 5.32. The van der Waals surface area contributed by atoms with Gasteiger partial charge in [0.15, 0.2) is 0 Å². The summed E-state index contributed by atoms with van der Waals surface area (Å²) in [5.74, 6) is 1.80. The minimum absolute atomic E-state index is 0.750. The topological polar surface area (TPSA) is 15.3 Å². The number of rotatable bonds is 5. The van der Waals surface area contributed by atoms with Crippen LogP contribution in [0.2, 0.25) is 0 Å². The van der Waals surface area contributed by atoms with Gasteiger partial charge in [-0.15, -0.1) is 0 Å². The summed E-state index contributed by atoms with van der Waals surface area (Å²) in [5.41, 5.74) is 0. The molecule has 0 bridgehead atoms. The smallest absolute Gasteiger partial charge is 0.0120 e. The van der Waals surface area contributed by atoms with E-state index in [0.717, 1.165) is 23.9 Å². The summed E-state index contributed by atoms with van der Waals surface area (Å²) in [6.45, 7) is 11.0. The van der Waals surface area contributed by atoms with Crippen molar-refractivity contribution in [3.8, 4) is 0 Å². The molecule has 1 aliphatic carbocycles. The van der Waals surface area contributed by atoms with Gasteiger partial charge in [-0.1, -0.05) is 26.7 Å². The molecule has 1 saturated heterocycles. The second-order valence-electron chi connectivity index (χ2n) is 6.59. The van der Waals surface area contributed by atoms with E-state index in [4.69, 9.17) is 0 Å². The van der Waals surface area contributed by atoms with E-state index < -0.39 is 0 Å². The molecule has 18 heavy (non-hydrogen) atoms. The van der Waals surface area contributed by atoms with E-state index in [0.29, 0.717) is 0 Å². The number of hydrogen-bond donors (Lipinski definition) is 1. The van der Waals surface area contributed by atoms with Gasteiger partial charge in [0, 0.05) is 18.6 Å². The first-order chi connectivity index (χ1) is 8.72. The van der Waals surface area contributed by atoms with Crippen molar-refractivity contribution in [3.05, 3.63) is 0 Å². The first-order valence-corrected chi connectivity index (χ1v) is 8.19. The average molecular weight is 252 g/mol. The third kappa shape index (κ3) is 3.48. The predicted molar refractivity (Wildman–Crippen MR) is 78.9 cm³/mol. The minimum Gasteiger partial charge on any atom is -0.314 e. The maximum absolute atomic E-state index is 3.74. The van der Waals surface area contributed by atoms with Crippen LogP contribution in [-0.4, -0.2) is 36.6 Å². The van der Waals surface area contributed by atoms with Crippen molar-refractivity contribution in [3.63, 3.8) is 0 Å². The molecule has 0 aromatic carbocycles. The highest BCUT2D eigenvalue weighted by atomic mass is 15.2. The molecular formula is C16H32N2. The zero-order chi connectivity index (χ0) is 13.0. The molecule has 0 aromatic rings. The van der Waals surface area contributed by atoms with Gasteiger partial charge in [0.25, 0.3) is 0 Å². The van der Waals surface area contributed by atoms with Crippen LogP contribution >= 0.6 is 0 Å². The summed E-state index contributed by atoms with van der Waals surface area (Å²) in [5, 5.41) is 3.74. The lowest BCUT2D eigenvalue weighted by molar-refractivity contribution is 0.0710. The lowest BCUT2D eigenvalue weighted by atomic mass is 9.86. The van der Waals surface area contributed by atoms with Crippen molar-refractivity contribution in [1.82, 2.24) is 10.2 Å². The average Bonchev–Trinajstić information content (AvgIpc) is 2.87. The standard InChI is InChI=1S/C16H32N2/c1-4-10-17-16-9-11-18(14(3)13(16)2)12-15-7-5-6-8-15/h13-17H,4-12H2,1-3H3. The van der Waals surface area contributed by atoms with Crippen LogP contribution in [0.4, 0.5) is 0 Å². The van der Waals surface area contributed by atoms with Gasteiger partial charge in [-0.3, -0.25) is 0 Å². The largest absolute Gasteiger partial charge is 0.314 e. The summed E-state index contributed by atoms with van der Waals surface area (Å²) in [6, 6.07) is 1.51. The number of nitrogens with zero attached hydrogens (tertiary/aromatic N) is 1. The molecule has 0 aromatic heterocycles. The van der Waals surface area contributed by atoms with Crippen LogP contribution < -0.4 is 5.32 Å². The van der Waals surface area contributed by atoms with E-state index in [1.54, 1.807) is 0 Å². The van der Waals surface area contributed by atoms with E-state index in [9.17, 15) is 0 Å². The van der Waals surface area contributed by atoms with Crippen LogP contribution in [0.1, 0.15) is 59.3 Å². The van der Waals surface area contributed by atoms with Crippen LogP contribution in [0, 0.1) is 11.8 Å². The number of piperidine rings is 1. The fourth-order valence-electron chi connectivity index (χ4n) is 3.84. The fourth-order valence-corrected chi connectivity index (χ4v) is 3.84. The highest BCUT2D eigenvalue weighted by molar-refractivity contribution is 4.89. The summed E-state index contributed by atoms with van der Waals surface area (Å²) in [6.07, 6.45) is 8.51. The van der Waals surface area contributed by atoms with Crippen molar-refractivity contribution < 1.29 is 0 Å². The Labute approximate surface area is 114 Å². The quantitative estimate of drug-likeness (QED) is 0.808. The fraction of sp³-hybridized carbons (Fsp3) is 1.00. The van der Waals surface area contributed by atoms with E-state index in [2.05, 4.69) is 31.0 Å². The Hall–Kier alpha value is -0.0800. The van der Waals surface area contributed by atoms with Gasteiger partial charge in [-0.2, -0.15) is 0 Å². The molecule has 2 nitrogen and oxygen atoms in total. The zero-order valence-corrected chi connectivity index (χ0v) is 12.6. The van der Waals surface area contributed by atoms with Crippen molar-refractivity contribution in [2.24, 2.45) is 11.8 Å². The van der Waals surface area contributed by atoms with E-state index >= 15 is 0 Å². The normalized spacial score (nSPS) is 35.2. The molecule has 2 rings (SSSR count). The Balaban J connectivity index is 1.81. The van der Waals surface area contributed by atoms with E-state index in [1.165, 1.54) is 58.2 Å². The molecular weight excluding hydrogens is 220 g/mol. The molecule has 0 spiro atoms. The summed E-state index contributed by atoms with van der Waals surface area (Å²) >= 11 is 0. The lowest BCUT2D eigenvalue weighted by Crippen LogP contribution is -2.54. The Kier molecular flexibility index (Phi) is 5.50. The monoisotopic (exact) mass is 252 g/mol. The predicted octanol–water partition coefficient (Wildman–Crippen LogP) is 3.28. The molecule has 1 aliphatic heterocycles. The van der Waals surface area contributed by atoms with Gasteiger partial charge in [-0.25, -0.2) is 0 Å². The zero-order valence-electron chi connectivity index (χ0n) is 12.6. The maximum atomic E-state index is 3.74. The van der Waals surface area contributed by atoms with Gasteiger partial charge < -0.3 is 10.2 Å². The summed E-state index contributed by atoms with van der Waals surface area (Å²) in [4.78, 5) is 2.77. The maximum Gasteiger partial charge on any atom is 0.0120 e. The highest BCUT2D eigenvalue weighted by Crippen LogP contribution is 2.30. The van der Waals surface area contributed by atoms with Crippen molar-refractivity contribution in [1.29, 1.82) is 0 Å². The van der Waals surface area contributed by atoms with Gasteiger partial charge >= 0.3 is 0 Å². The Morgan fingerprint density at radius 2 is 1.83 bits per heavy atom. The molecule has 0 amide bonds. The lowest BCUT2D eigenvalue weighted by Gasteiger charge is -2.44. The van der Waals surface area contributed by atoms with Crippen molar-refractivity contribution >= 4 is 0 Å². The molecule has 2 fully saturated rings. The number of nitrogens with one attached hydrogen (secondary N) is 1. The third-order valence-corrected chi connectivity index (χ3v) is 5.32. The van der Waals surface area contributed by atoms with Crippen molar-refractivity contribution in [2.45, 2.75) is 71.4 Å². The molecule has 1 heterocycles. The Morgan fingerprint density at radius 3 is 2.50 bits per heavy atom. The first-order valence-electron chi connectivity index (χ1n) is 8.19. The van der Waals surface area contributed by atoms with E-state index in [1.807, 2.05) is 0 Å². The molecule has 106 valence electrons. The first kappa shape index (κ1) is 14.3.